The van der Waals surface area contributed by atoms with Crippen molar-refractivity contribution in [3.05, 3.63) is 47.8 Å². The molecule has 1 aliphatic heterocycles. The Kier molecular flexibility index (Phi) is 5.76. The lowest BCUT2D eigenvalue weighted by molar-refractivity contribution is 0.0552. The third-order valence-corrected chi connectivity index (χ3v) is 4.80. The molecule has 1 aliphatic rings. The summed E-state index contributed by atoms with van der Waals surface area (Å²) < 4.78 is 53.6. The number of ether oxygens (including phenoxy) is 2. The van der Waals surface area contributed by atoms with Gasteiger partial charge in [-0.25, -0.2) is 4.39 Å². The maximum Gasteiger partial charge on any atom is 0.297 e. The average molecular weight is 390 g/mol. The Morgan fingerprint density at radius 1 is 1.24 bits per heavy atom. The van der Waals surface area contributed by atoms with Crippen LogP contribution in [0.5, 0.6) is 11.5 Å². The molecule has 0 amide bonds. The minimum atomic E-state index is -3.89. The molecule has 2 N–H and O–H groups in total. The lowest BCUT2D eigenvalue weighted by Crippen LogP contribution is -2.34. The molecule has 25 heavy (non-hydrogen) atoms. The molecule has 0 saturated heterocycles. The SMILES string of the molecule is Cc1ccc(S(=O)(=O)OC[C@@H]2COc3cc(F)c(N)cc3O2)cc1.Cl. The van der Waals surface area contributed by atoms with Gasteiger partial charge in [0.25, 0.3) is 10.1 Å². The minimum absolute atomic E-state index is 0. The van der Waals surface area contributed by atoms with Gasteiger partial charge in [-0.3, -0.25) is 4.18 Å². The van der Waals surface area contributed by atoms with Crippen molar-refractivity contribution in [2.24, 2.45) is 0 Å². The summed E-state index contributed by atoms with van der Waals surface area (Å²) in [7, 11) is -3.89. The first-order valence-electron chi connectivity index (χ1n) is 7.20. The number of fused-ring (bicyclic) bond motifs is 1. The Balaban J connectivity index is 0.00000225. The third kappa shape index (κ3) is 4.33. The second kappa shape index (κ2) is 7.47. The Morgan fingerprint density at radius 2 is 1.92 bits per heavy atom. The van der Waals surface area contributed by atoms with Crippen molar-refractivity contribution in [1.29, 1.82) is 0 Å². The predicted molar refractivity (Wildman–Crippen MR) is 92.3 cm³/mol. The van der Waals surface area contributed by atoms with E-state index in [4.69, 9.17) is 19.4 Å². The van der Waals surface area contributed by atoms with Crippen molar-refractivity contribution in [3.63, 3.8) is 0 Å². The van der Waals surface area contributed by atoms with Crippen LogP contribution in [0.2, 0.25) is 0 Å². The predicted octanol–water partition coefficient (Wildman–Crippen LogP) is 2.68. The monoisotopic (exact) mass is 389 g/mol. The average Bonchev–Trinajstić information content (AvgIpc) is 2.54. The molecule has 0 bridgehead atoms. The summed E-state index contributed by atoms with van der Waals surface area (Å²) in [5.74, 6) is -0.130. The zero-order valence-electron chi connectivity index (χ0n) is 13.3. The number of rotatable bonds is 4. The highest BCUT2D eigenvalue weighted by atomic mass is 35.5. The highest BCUT2D eigenvalue weighted by Gasteiger charge is 2.25. The van der Waals surface area contributed by atoms with Gasteiger partial charge in [-0.05, 0) is 19.1 Å². The largest absolute Gasteiger partial charge is 0.486 e. The number of hydrogen-bond donors (Lipinski definition) is 1. The van der Waals surface area contributed by atoms with Crippen LogP contribution in [0.4, 0.5) is 10.1 Å². The zero-order chi connectivity index (χ0) is 17.3. The molecule has 136 valence electrons. The van der Waals surface area contributed by atoms with Gasteiger partial charge in [0.15, 0.2) is 17.6 Å². The van der Waals surface area contributed by atoms with Crippen molar-refractivity contribution in [2.45, 2.75) is 17.9 Å². The van der Waals surface area contributed by atoms with E-state index in [0.717, 1.165) is 11.6 Å². The Bertz CT molecular complexity index is 858. The van der Waals surface area contributed by atoms with Gasteiger partial charge < -0.3 is 15.2 Å². The number of benzene rings is 2. The number of hydrogen-bond acceptors (Lipinski definition) is 6. The maximum absolute atomic E-state index is 13.4. The van der Waals surface area contributed by atoms with Crippen molar-refractivity contribution in [2.75, 3.05) is 18.9 Å². The van der Waals surface area contributed by atoms with Crippen LogP contribution in [0.25, 0.3) is 0 Å². The molecule has 1 heterocycles. The van der Waals surface area contributed by atoms with Crippen molar-refractivity contribution >= 4 is 28.2 Å². The molecule has 1 atom stereocenters. The molecular formula is C16H17ClFNO5S. The topological polar surface area (TPSA) is 87.9 Å². The van der Waals surface area contributed by atoms with Gasteiger partial charge in [0, 0.05) is 12.1 Å². The van der Waals surface area contributed by atoms with Gasteiger partial charge in [-0.15, -0.1) is 12.4 Å². The van der Waals surface area contributed by atoms with Gasteiger partial charge in [0.2, 0.25) is 0 Å². The lowest BCUT2D eigenvalue weighted by atomic mass is 10.2. The van der Waals surface area contributed by atoms with Gasteiger partial charge in [-0.1, -0.05) is 17.7 Å². The second-order valence-corrected chi connectivity index (χ2v) is 7.04. The van der Waals surface area contributed by atoms with Crippen molar-refractivity contribution in [1.82, 2.24) is 0 Å². The molecule has 2 aromatic carbocycles. The number of aryl methyl sites for hydroxylation is 1. The van der Waals surface area contributed by atoms with Gasteiger partial charge in [0.1, 0.15) is 19.0 Å². The Labute approximate surface area is 151 Å². The number of halogens is 2. The minimum Gasteiger partial charge on any atom is -0.486 e. The Hall–Kier alpha value is -2.03. The number of nitrogens with two attached hydrogens (primary N) is 1. The smallest absolute Gasteiger partial charge is 0.297 e. The van der Waals surface area contributed by atoms with Crippen LogP contribution in [-0.2, 0) is 14.3 Å². The molecule has 0 unspecified atom stereocenters. The van der Waals surface area contributed by atoms with Gasteiger partial charge >= 0.3 is 0 Å². The molecule has 2 aromatic rings. The molecule has 0 radical (unpaired) electrons. The van der Waals surface area contributed by atoms with E-state index >= 15 is 0 Å². The molecule has 9 heteroatoms. The van der Waals surface area contributed by atoms with Crippen LogP contribution in [0.3, 0.4) is 0 Å². The van der Waals surface area contributed by atoms with E-state index < -0.39 is 22.0 Å². The first-order valence-corrected chi connectivity index (χ1v) is 8.60. The van der Waals surface area contributed by atoms with E-state index in [2.05, 4.69) is 0 Å². The fourth-order valence-electron chi connectivity index (χ4n) is 2.17. The lowest BCUT2D eigenvalue weighted by Gasteiger charge is -2.26. The van der Waals surface area contributed by atoms with E-state index in [0.29, 0.717) is 0 Å². The Morgan fingerprint density at radius 3 is 2.60 bits per heavy atom. The highest BCUT2D eigenvalue weighted by molar-refractivity contribution is 7.86. The molecule has 0 saturated carbocycles. The maximum atomic E-state index is 13.4. The summed E-state index contributed by atoms with van der Waals surface area (Å²) in [6.45, 7) is 1.67. The first-order chi connectivity index (χ1) is 11.3. The molecule has 0 spiro atoms. The van der Waals surface area contributed by atoms with Gasteiger partial charge in [-0.2, -0.15) is 8.42 Å². The molecule has 3 rings (SSSR count). The molecule has 0 fully saturated rings. The second-order valence-electron chi connectivity index (χ2n) is 5.42. The summed E-state index contributed by atoms with van der Waals surface area (Å²) in [5.41, 5.74) is 6.35. The molecule has 6 nitrogen and oxygen atoms in total. The van der Waals surface area contributed by atoms with Crippen LogP contribution < -0.4 is 15.2 Å². The molecule has 0 aliphatic carbocycles. The quantitative estimate of drug-likeness (QED) is 0.639. The van der Waals surface area contributed by atoms with Gasteiger partial charge in [0.05, 0.1) is 10.6 Å². The summed E-state index contributed by atoms with van der Waals surface area (Å²) in [5, 5.41) is 0. The van der Waals surface area contributed by atoms with E-state index in [9.17, 15) is 12.8 Å². The number of anilines is 1. The first kappa shape index (κ1) is 19.3. The fraction of sp³-hybridized carbons (Fsp3) is 0.250. The van der Waals surface area contributed by atoms with Crippen LogP contribution >= 0.6 is 12.4 Å². The summed E-state index contributed by atoms with van der Waals surface area (Å²) in [6.07, 6.45) is -0.650. The van der Waals surface area contributed by atoms with E-state index in [1.807, 2.05) is 6.92 Å². The van der Waals surface area contributed by atoms with E-state index in [-0.39, 0.29) is 47.7 Å². The normalized spacial score (nSPS) is 16.2. The standard InChI is InChI=1S/C16H16FNO5S.ClH/c1-10-2-4-12(5-3-10)24(19,20)22-9-11-8-21-15-6-13(17)14(18)7-16(15)23-11;/h2-7,11H,8-9,18H2,1H3;1H/t11-;/m0./s1. The number of nitrogen functional groups attached to an aromatic ring is 1. The summed E-state index contributed by atoms with van der Waals surface area (Å²) >= 11 is 0. The summed E-state index contributed by atoms with van der Waals surface area (Å²) in [6, 6.07) is 8.74. The molecular weight excluding hydrogens is 373 g/mol. The van der Waals surface area contributed by atoms with Crippen molar-refractivity contribution in [3.8, 4) is 11.5 Å². The fourth-order valence-corrected chi connectivity index (χ4v) is 3.11. The van der Waals surface area contributed by atoms with E-state index in [1.54, 1.807) is 12.1 Å². The van der Waals surface area contributed by atoms with E-state index in [1.165, 1.54) is 18.2 Å². The van der Waals surface area contributed by atoms with Crippen LogP contribution in [0.15, 0.2) is 41.3 Å². The molecule has 0 aromatic heterocycles. The summed E-state index contributed by atoms with van der Waals surface area (Å²) in [4.78, 5) is 0.0662. The van der Waals surface area contributed by atoms with Crippen molar-refractivity contribution < 1.29 is 26.5 Å². The highest BCUT2D eigenvalue weighted by Crippen LogP contribution is 2.35. The van der Waals surface area contributed by atoms with Crippen LogP contribution in [-0.4, -0.2) is 27.7 Å². The third-order valence-electron chi connectivity index (χ3n) is 3.50. The zero-order valence-corrected chi connectivity index (χ0v) is 14.9. The van der Waals surface area contributed by atoms with Crippen LogP contribution in [0.1, 0.15) is 5.56 Å². The van der Waals surface area contributed by atoms with Crippen LogP contribution in [0, 0.1) is 12.7 Å².